The van der Waals surface area contributed by atoms with Crippen molar-refractivity contribution in [1.82, 2.24) is 8.87 Å². The summed E-state index contributed by atoms with van der Waals surface area (Å²) in [5.74, 6) is -0.403. The summed E-state index contributed by atoms with van der Waals surface area (Å²) in [5.41, 5.74) is 3.60. The lowest BCUT2D eigenvalue weighted by Crippen LogP contribution is -2.43. The standard InChI is InChI=1S/C22H23FN2O2S/c1-15-13-16(2)22(17(3)14-15)28(26,27)25-12-11-24-10-6-9-20(24)21(25)18-7-4-5-8-19(18)23/h4-10,13-14,21H,11-12H2,1-3H3. The van der Waals surface area contributed by atoms with Crippen molar-refractivity contribution in [2.75, 3.05) is 6.54 Å². The molecule has 0 amide bonds. The summed E-state index contributed by atoms with van der Waals surface area (Å²) in [7, 11) is -3.82. The lowest BCUT2D eigenvalue weighted by Gasteiger charge is -2.37. The van der Waals surface area contributed by atoms with Crippen molar-refractivity contribution in [2.45, 2.75) is 38.3 Å². The lowest BCUT2D eigenvalue weighted by molar-refractivity contribution is 0.293. The van der Waals surface area contributed by atoms with E-state index in [0.29, 0.717) is 28.1 Å². The van der Waals surface area contributed by atoms with Crippen LogP contribution in [0.5, 0.6) is 0 Å². The average molecular weight is 399 g/mol. The maximum Gasteiger partial charge on any atom is 0.244 e. The Morgan fingerprint density at radius 3 is 2.32 bits per heavy atom. The fraction of sp³-hybridized carbons (Fsp3) is 0.273. The van der Waals surface area contributed by atoms with Gasteiger partial charge >= 0.3 is 0 Å². The van der Waals surface area contributed by atoms with Crippen molar-refractivity contribution in [3.8, 4) is 0 Å². The zero-order valence-electron chi connectivity index (χ0n) is 16.2. The first-order valence-corrected chi connectivity index (χ1v) is 10.7. The molecule has 1 atom stereocenters. The molecule has 0 aliphatic carbocycles. The predicted octanol–water partition coefficient (Wildman–Crippen LogP) is 4.35. The van der Waals surface area contributed by atoms with Crippen molar-refractivity contribution in [1.29, 1.82) is 0 Å². The number of halogens is 1. The van der Waals surface area contributed by atoms with Gasteiger partial charge in [0.1, 0.15) is 5.82 Å². The molecule has 4 rings (SSSR count). The van der Waals surface area contributed by atoms with Crippen LogP contribution >= 0.6 is 0 Å². The van der Waals surface area contributed by atoms with E-state index in [2.05, 4.69) is 0 Å². The minimum Gasteiger partial charge on any atom is -0.348 e. The minimum atomic E-state index is -3.82. The first kappa shape index (κ1) is 18.9. The van der Waals surface area contributed by atoms with Crippen molar-refractivity contribution < 1.29 is 12.8 Å². The molecule has 146 valence electrons. The number of hydrogen-bond donors (Lipinski definition) is 0. The Balaban J connectivity index is 1.92. The zero-order chi connectivity index (χ0) is 20.1. The second-order valence-corrected chi connectivity index (χ2v) is 9.22. The number of sulfonamides is 1. The summed E-state index contributed by atoms with van der Waals surface area (Å²) in [6.45, 7) is 6.41. The Morgan fingerprint density at radius 2 is 1.64 bits per heavy atom. The summed E-state index contributed by atoms with van der Waals surface area (Å²) in [5, 5.41) is 0. The molecule has 0 bridgehead atoms. The molecule has 0 spiro atoms. The molecule has 1 unspecified atom stereocenters. The molecule has 0 fully saturated rings. The quantitative estimate of drug-likeness (QED) is 0.658. The van der Waals surface area contributed by atoms with Gasteiger partial charge in [-0.2, -0.15) is 4.31 Å². The number of fused-ring (bicyclic) bond motifs is 1. The van der Waals surface area contributed by atoms with Gasteiger partial charge in [0.25, 0.3) is 0 Å². The molecule has 6 heteroatoms. The van der Waals surface area contributed by atoms with Crippen molar-refractivity contribution in [3.63, 3.8) is 0 Å². The number of rotatable bonds is 3. The Morgan fingerprint density at radius 1 is 0.964 bits per heavy atom. The molecule has 0 saturated carbocycles. The fourth-order valence-corrected chi connectivity index (χ4v) is 6.31. The van der Waals surface area contributed by atoms with Crippen LogP contribution in [0.3, 0.4) is 0 Å². The van der Waals surface area contributed by atoms with Gasteiger partial charge in [-0.05, 0) is 50.1 Å². The van der Waals surface area contributed by atoms with Crippen LogP contribution in [-0.2, 0) is 16.6 Å². The maximum atomic E-state index is 14.7. The predicted molar refractivity (Wildman–Crippen MR) is 107 cm³/mol. The minimum absolute atomic E-state index is 0.287. The molecule has 4 nitrogen and oxygen atoms in total. The smallest absolute Gasteiger partial charge is 0.244 e. The Kier molecular flexibility index (Phi) is 4.63. The molecule has 0 N–H and O–H groups in total. The zero-order valence-corrected chi connectivity index (χ0v) is 17.0. The van der Waals surface area contributed by atoms with Crippen LogP contribution in [0.15, 0.2) is 59.6 Å². The van der Waals surface area contributed by atoms with Gasteiger partial charge in [-0.15, -0.1) is 0 Å². The summed E-state index contributed by atoms with van der Waals surface area (Å²) in [6, 6.07) is 13.2. The second kappa shape index (κ2) is 6.87. The fourth-order valence-electron chi connectivity index (χ4n) is 4.32. The third-order valence-corrected chi connectivity index (χ3v) is 7.54. The monoisotopic (exact) mass is 398 g/mol. The number of aryl methyl sites for hydroxylation is 3. The number of benzene rings is 2. The summed E-state index contributed by atoms with van der Waals surface area (Å²) >= 11 is 0. The largest absolute Gasteiger partial charge is 0.348 e. The van der Waals surface area contributed by atoms with Gasteiger partial charge in [-0.3, -0.25) is 0 Å². The highest BCUT2D eigenvalue weighted by atomic mass is 32.2. The normalized spacial score (nSPS) is 17.5. The SMILES string of the molecule is Cc1cc(C)c(S(=O)(=O)N2CCn3cccc3C2c2ccccc2F)c(C)c1. The van der Waals surface area contributed by atoms with Gasteiger partial charge in [0.15, 0.2) is 0 Å². The van der Waals surface area contributed by atoms with Gasteiger partial charge in [-0.1, -0.05) is 35.9 Å². The van der Waals surface area contributed by atoms with Gasteiger partial charge in [0.05, 0.1) is 10.9 Å². The number of hydrogen-bond acceptors (Lipinski definition) is 2. The number of nitrogens with zero attached hydrogens (tertiary/aromatic N) is 2. The Hall–Kier alpha value is -2.44. The van der Waals surface area contributed by atoms with Crippen molar-refractivity contribution in [3.05, 3.63) is 88.5 Å². The molecule has 1 aromatic heterocycles. The van der Waals surface area contributed by atoms with Crippen LogP contribution < -0.4 is 0 Å². The lowest BCUT2D eigenvalue weighted by atomic mass is 10.0. The first-order chi connectivity index (χ1) is 13.3. The molecule has 0 saturated heterocycles. The van der Waals surface area contributed by atoms with Gasteiger partial charge < -0.3 is 4.57 Å². The van der Waals surface area contributed by atoms with Crippen LogP contribution in [0.25, 0.3) is 0 Å². The van der Waals surface area contributed by atoms with Crippen LogP contribution in [0, 0.1) is 26.6 Å². The maximum absolute atomic E-state index is 14.7. The van der Waals surface area contributed by atoms with E-state index in [1.807, 2.05) is 55.8 Å². The molecule has 0 radical (unpaired) electrons. The topological polar surface area (TPSA) is 42.3 Å². The summed E-state index contributed by atoms with van der Waals surface area (Å²) < 4.78 is 45.7. The molecule has 2 aromatic carbocycles. The first-order valence-electron chi connectivity index (χ1n) is 9.30. The van der Waals surface area contributed by atoms with E-state index in [1.54, 1.807) is 18.2 Å². The van der Waals surface area contributed by atoms with Crippen molar-refractivity contribution in [2.24, 2.45) is 0 Å². The highest BCUT2D eigenvalue weighted by Gasteiger charge is 2.39. The summed E-state index contributed by atoms with van der Waals surface area (Å²) in [4.78, 5) is 0.319. The van der Waals surface area contributed by atoms with E-state index < -0.39 is 21.9 Å². The van der Waals surface area contributed by atoms with E-state index in [-0.39, 0.29) is 6.54 Å². The van der Waals surface area contributed by atoms with Gasteiger partial charge in [0, 0.05) is 30.5 Å². The van der Waals surface area contributed by atoms with E-state index in [9.17, 15) is 12.8 Å². The third kappa shape index (κ3) is 2.97. The average Bonchev–Trinajstić information content (AvgIpc) is 3.09. The van der Waals surface area contributed by atoms with Crippen molar-refractivity contribution >= 4 is 10.0 Å². The van der Waals surface area contributed by atoms with E-state index in [4.69, 9.17) is 0 Å². The van der Waals surface area contributed by atoms with Crippen LogP contribution in [-0.4, -0.2) is 23.8 Å². The van der Waals surface area contributed by atoms with Gasteiger partial charge in [-0.25, -0.2) is 12.8 Å². The highest BCUT2D eigenvalue weighted by Crippen LogP contribution is 2.38. The molecule has 2 heterocycles. The number of aromatic nitrogens is 1. The van der Waals surface area contributed by atoms with E-state index >= 15 is 0 Å². The molecule has 1 aliphatic rings. The molecular weight excluding hydrogens is 375 g/mol. The van der Waals surface area contributed by atoms with E-state index in [0.717, 1.165) is 11.3 Å². The van der Waals surface area contributed by atoms with Crippen LogP contribution in [0.2, 0.25) is 0 Å². The molecular formula is C22H23FN2O2S. The highest BCUT2D eigenvalue weighted by molar-refractivity contribution is 7.89. The Bertz CT molecular complexity index is 1130. The second-order valence-electron chi connectivity index (χ2n) is 7.39. The van der Waals surface area contributed by atoms with E-state index in [1.165, 1.54) is 10.4 Å². The molecule has 28 heavy (non-hydrogen) atoms. The Labute approximate surface area is 165 Å². The van der Waals surface area contributed by atoms with Crippen LogP contribution in [0.4, 0.5) is 4.39 Å². The summed E-state index contributed by atoms with van der Waals surface area (Å²) in [6.07, 6.45) is 1.91. The molecule has 1 aliphatic heterocycles. The molecule has 3 aromatic rings. The van der Waals surface area contributed by atoms with Gasteiger partial charge in [0.2, 0.25) is 10.0 Å². The third-order valence-electron chi connectivity index (χ3n) is 5.37. The van der Waals surface area contributed by atoms with Crippen LogP contribution in [0.1, 0.15) is 34.0 Å².